The first kappa shape index (κ1) is 23.2. The van der Waals surface area contributed by atoms with Gasteiger partial charge in [-0.05, 0) is 42.7 Å². The highest BCUT2D eigenvalue weighted by Gasteiger charge is 2.29. The molecule has 0 aliphatic rings. The number of furan rings is 1. The molecule has 0 spiro atoms. The van der Waals surface area contributed by atoms with Crippen LogP contribution >= 0.6 is 23.5 Å². The zero-order chi connectivity index (χ0) is 22.4. The van der Waals surface area contributed by atoms with Gasteiger partial charge in [0.05, 0.1) is 18.8 Å². The molecule has 3 rings (SSSR count). The molecule has 0 amide bonds. The minimum Gasteiger partial charge on any atom is -0.463 e. The summed E-state index contributed by atoms with van der Waals surface area (Å²) >= 11 is 2.37. The van der Waals surface area contributed by atoms with Crippen molar-refractivity contribution in [3.63, 3.8) is 0 Å². The van der Waals surface area contributed by atoms with Gasteiger partial charge in [0, 0.05) is 0 Å². The van der Waals surface area contributed by atoms with E-state index in [-0.39, 0.29) is 35.0 Å². The monoisotopic (exact) mass is 485 g/mol. The summed E-state index contributed by atoms with van der Waals surface area (Å²) in [5, 5.41) is 0. The molecule has 0 radical (unpaired) electrons. The Balaban J connectivity index is 1.73. The van der Waals surface area contributed by atoms with Crippen LogP contribution in [0.15, 0.2) is 39.6 Å². The van der Waals surface area contributed by atoms with Crippen LogP contribution in [0, 0.1) is 0 Å². The van der Waals surface area contributed by atoms with Crippen LogP contribution in [0.5, 0.6) is 0 Å². The third-order valence-electron chi connectivity index (χ3n) is 4.14. The number of esters is 2. The molecule has 0 aliphatic carbocycles. The minimum atomic E-state index is -4.07. The maximum atomic E-state index is 12.9. The summed E-state index contributed by atoms with van der Waals surface area (Å²) in [6, 6.07) is 6.36. The number of benzene rings is 1. The van der Waals surface area contributed by atoms with Gasteiger partial charge < -0.3 is 13.9 Å². The number of methoxy groups -OCH3 is 1. The van der Waals surface area contributed by atoms with Crippen molar-refractivity contribution in [2.75, 3.05) is 19.1 Å². The maximum absolute atomic E-state index is 12.9. The van der Waals surface area contributed by atoms with Gasteiger partial charge in [-0.2, -0.15) is 25.2 Å². The van der Waals surface area contributed by atoms with E-state index in [9.17, 15) is 18.0 Å². The van der Waals surface area contributed by atoms with Crippen molar-refractivity contribution < 1.29 is 31.9 Å². The number of aromatic nitrogens is 2. The van der Waals surface area contributed by atoms with E-state index in [1.54, 1.807) is 12.1 Å². The molecule has 13 heteroatoms. The smallest absolute Gasteiger partial charge is 0.373 e. The number of thioether (sulfide) groups is 1. The molecule has 2 aromatic heterocycles. The molecule has 31 heavy (non-hydrogen) atoms. The first-order chi connectivity index (χ1) is 14.9. The fourth-order valence-corrected chi connectivity index (χ4v) is 5.08. The fraction of sp³-hybridized carbons (Fsp3) is 0.333. The average Bonchev–Trinajstić information content (AvgIpc) is 3.43. The van der Waals surface area contributed by atoms with Gasteiger partial charge in [-0.1, -0.05) is 6.07 Å². The SMILES string of the molecule is COC(=O)c1ccc(COC(=O)C(CCSC)NS(=O)(=O)c2cccc3nsnc23)o1. The number of hydrogen-bond acceptors (Lipinski definition) is 11. The summed E-state index contributed by atoms with van der Waals surface area (Å²) in [5.41, 5.74) is 0.693. The van der Waals surface area contributed by atoms with E-state index in [0.29, 0.717) is 11.3 Å². The van der Waals surface area contributed by atoms with Gasteiger partial charge in [0.2, 0.25) is 15.8 Å². The van der Waals surface area contributed by atoms with E-state index in [0.717, 1.165) is 11.7 Å². The van der Waals surface area contributed by atoms with E-state index < -0.39 is 28.0 Å². The van der Waals surface area contributed by atoms with Gasteiger partial charge in [-0.15, -0.1) is 0 Å². The van der Waals surface area contributed by atoms with Crippen LogP contribution in [-0.2, 0) is 30.9 Å². The third kappa shape index (κ3) is 5.61. The number of sulfonamides is 1. The molecule has 1 atom stereocenters. The number of nitrogens with one attached hydrogen (secondary N) is 1. The van der Waals surface area contributed by atoms with Crippen LogP contribution in [0.2, 0.25) is 0 Å². The summed E-state index contributed by atoms with van der Waals surface area (Å²) in [5.74, 6) is -0.708. The Labute approximate surface area is 186 Å². The average molecular weight is 486 g/mol. The lowest BCUT2D eigenvalue weighted by Gasteiger charge is -2.17. The van der Waals surface area contributed by atoms with Crippen LogP contribution in [0.4, 0.5) is 0 Å². The molecule has 0 bridgehead atoms. The van der Waals surface area contributed by atoms with Crippen molar-refractivity contribution in [1.82, 2.24) is 13.5 Å². The Bertz CT molecular complexity index is 1170. The van der Waals surface area contributed by atoms with Crippen LogP contribution < -0.4 is 4.72 Å². The summed E-state index contributed by atoms with van der Waals surface area (Å²) < 4.78 is 51.4. The molecular formula is C18H19N3O7S3. The lowest BCUT2D eigenvalue weighted by molar-refractivity contribution is -0.147. The normalized spacial score (nSPS) is 12.6. The maximum Gasteiger partial charge on any atom is 0.373 e. The minimum absolute atomic E-state index is 0.0295. The molecule has 1 unspecified atom stereocenters. The van der Waals surface area contributed by atoms with Gasteiger partial charge in [0.1, 0.15) is 34.3 Å². The predicted octanol–water partition coefficient (Wildman–Crippen LogP) is 2.21. The molecule has 3 aromatic rings. The predicted molar refractivity (Wildman–Crippen MR) is 114 cm³/mol. The van der Waals surface area contributed by atoms with E-state index in [4.69, 9.17) is 9.15 Å². The second-order valence-electron chi connectivity index (χ2n) is 6.21. The topological polar surface area (TPSA) is 138 Å². The summed E-state index contributed by atoms with van der Waals surface area (Å²) in [7, 11) is -2.85. The number of ether oxygens (including phenoxy) is 2. The fourth-order valence-electron chi connectivity index (χ4n) is 2.62. The zero-order valence-electron chi connectivity index (χ0n) is 16.6. The van der Waals surface area contributed by atoms with Crippen LogP contribution in [-0.4, -0.2) is 54.3 Å². The molecule has 166 valence electrons. The number of nitrogens with zero attached hydrogens (tertiary/aromatic N) is 2. The van der Waals surface area contributed by atoms with E-state index in [2.05, 4.69) is 18.2 Å². The number of hydrogen-bond donors (Lipinski definition) is 1. The van der Waals surface area contributed by atoms with Gasteiger partial charge in [-0.25, -0.2) is 13.2 Å². The second kappa shape index (κ2) is 10.2. The van der Waals surface area contributed by atoms with Crippen molar-refractivity contribution in [3.8, 4) is 0 Å². The highest BCUT2D eigenvalue weighted by atomic mass is 32.2. The van der Waals surface area contributed by atoms with Crippen molar-refractivity contribution in [2.24, 2.45) is 0 Å². The molecule has 0 fully saturated rings. The highest BCUT2D eigenvalue weighted by molar-refractivity contribution is 7.98. The summed E-state index contributed by atoms with van der Waals surface area (Å²) in [4.78, 5) is 24.0. The first-order valence-corrected chi connectivity index (χ1v) is 12.5. The molecule has 2 heterocycles. The lowest BCUT2D eigenvalue weighted by Crippen LogP contribution is -2.42. The van der Waals surface area contributed by atoms with Crippen LogP contribution in [0.1, 0.15) is 22.7 Å². The van der Waals surface area contributed by atoms with Gasteiger partial charge >= 0.3 is 11.9 Å². The van der Waals surface area contributed by atoms with Crippen LogP contribution in [0.3, 0.4) is 0 Å². The van der Waals surface area contributed by atoms with Crippen molar-refractivity contribution >= 4 is 56.5 Å². The second-order valence-corrected chi connectivity index (χ2v) is 9.41. The largest absolute Gasteiger partial charge is 0.463 e. The highest BCUT2D eigenvalue weighted by Crippen LogP contribution is 2.22. The molecule has 10 nitrogen and oxygen atoms in total. The molecule has 0 saturated carbocycles. The third-order valence-corrected chi connectivity index (χ3v) is 6.83. The Morgan fingerprint density at radius 1 is 1.26 bits per heavy atom. The summed E-state index contributed by atoms with van der Waals surface area (Å²) in [6.07, 6.45) is 2.06. The molecule has 0 aliphatic heterocycles. The summed E-state index contributed by atoms with van der Waals surface area (Å²) in [6.45, 7) is -0.265. The van der Waals surface area contributed by atoms with E-state index in [1.165, 1.54) is 37.1 Å². The Hall–Kier alpha value is -2.48. The Kier molecular flexibility index (Phi) is 7.64. The standard InChI is InChI=1S/C18H19N3O7S3/c1-26-18(23)14-7-6-11(28-14)10-27-17(22)13(8-9-29-2)21-31(24,25)15-5-3-4-12-16(15)20-30-19-12/h3-7,13,21H,8-10H2,1-2H3. The molecular weight excluding hydrogens is 466 g/mol. The van der Waals surface area contributed by atoms with Crippen molar-refractivity contribution in [3.05, 3.63) is 41.9 Å². The first-order valence-electron chi connectivity index (χ1n) is 8.92. The molecule has 1 aromatic carbocycles. The lowest BCUT2D eigenvalue weighted by atomic mass is 10.2. The van der Waals surface area contributed by atoms with Gasteiger partial charge in [0.25, 0.3) is 0 Å². The Morgan fingerprint density at radius 2 is 2.06 bits per heavy atom. The molecule has 1 N–H and O–H groups in total. The number of carbonyl (C=O) groups excluding carboxylic acids is 2. The van der Waals surface area contributed by atoms with Crippen molar-refractivity contribution in [1.29, 1.82) is 0 Å². The van der Waals surface area contributed by atoms with Gasteiger partial charge in [0.15, 0.2) is 0 Å². The van der Waals surface area contributed by atoms with E-state index in [1.807, 2.05) is 6.26 Å². The zero-order valence-corrected chi connectivity index (χ0v) is 19.0. The van der Waals surface area contributed by atoms with E-state index >= 15 is 0 Å². The van der Waals surface area contributed by atoms with Crippen molar-refractivity contribution in [2.45, 2.75) is 24.0 Å². The van der Waals surface area contributed by atoms with Crippen LogP contribution in [0.25, 0.3) is 11.0 Å². The molecule has 0 saturated heterocycles. The van der Waals surface area contributed by atoms with Gasteiger partial charge in [-0.3, -0.25) is 4.79 Å². The number of carbonyl (C=O) groups is 2. The number of fused-ring (bicyclic) bond motifs is 1. The quantitative estimate of drug-likeness (QED) is 0.425. The number of rotatable bonds is 10. The Morgan fingerprint density at radius 3 is 2.81 bits per heavy atom.